The summed E-state index contributed by atoms with van der Waals surface area (Å²) < 4.78 is 0. The maximum Gasteiger partial charge on any atom is 0.303 e. The highest BCUT2D eigenvalue weighted by Crippen LogP contribution is 2.28. The first-order chi connectivity index (χ1) is 9.58. The zero-order valence-electron chi connectivity index (χ0n) is 10.3. The lowest BCUT2D eigenvalue weighted by atomic mass is 10.2. The fraction of sp³-hybridized carbons (Fsp3) is 0.154. The standard InChI is InChI=1S/C13H10ClN3O2S/c14-10-5-8(6-15)1-3-11(10)17-13-16-9(7-20-13)2-4-12(18)19/h1,3,5,7H,2,4H2,(H,16,17)(H,18,19). The second kappa shape index (κ2) is 6.37. The number of thiazole rings is 1. The molecule has 102 valence electrons. The predicted molar refractivity (Wildman–Crippen MR) is 77.5 cm³/mol. The first-order valence-electron chi connectivity index (χ1n) is 5.71. The SMILES string of the molecule is N#Cc1ccc(Nc2nc(CCC(=O)O)cs2)c(Cl)c1. The minimum atomic E-state index is -0.845. The average molecular weight is 308 g/mol. The zero-order valence-corrected chi connectivity index (χ0v) is 11.8. The molecule has 0 radical (unpaired) electrons. The molecule has 2 aromatic rings. The van der Waals surface area contributed by atoms with Gasteiger partial charge in [0.05, 0.1) is 34.5 Å². The van der Waals surface area contributed by atoms with Crippen LogP contribution in [-0.4, -0.2) is 16.1 Å². The first-order valence-corrected chi connectivity index (χ1v) is 6.97. The molecule has 0 spiro atoms. The Morgan fingerprint density at radius 1 is 1.55 bits per heavy atom. The first kappa shape index (κ1) is 14.3. The summed E-state index contributed by atoms with van der Waals surface area (Å²) >= 11 is 7.43. The van der Waals surface area contributed by atoms with Crippen molar-refractivity contribution in [3.8, 4) is 6.07 Å². The Morgan fingerprint density at radius 3 is 3.00 bits per heavy atom. The quantitative estimate of drug-likeness (QED) is 0.883. The van der Waals surface area contributed by atoms with Crippen LogP contribution in [0.15, 0.2) is 23.6 Å². The minimum Gasteiger partial charge on any atom is -0.481 e. The van der Waals surface area contributed by atoms with E-state index in [2.05, 4.69) is 10.3 Å². The van der Waals surface area contributed by atoms with Crippen LogP contribution in [0, 0.1) is 11.3 Å². The van der Waals surface area contributed by atoms with Crippen LogP contribution in [0.4, 0.5) is 10.8 Å². The van der Waals surface area contributed by atoms with Crippen molar-refractivity contribution in [2.45, 2.75) is 12.8 Å². The van der Waals surface area contributed by atoms with Gasteiger partial charge in [-0.05, 0) is 18.2 Å². The molecule has 0 saturated carbocycles. The smallest absolute Gasteiger partial charge is 0.303 e. The van der Waals surface area contributed by atoms with E-state index in [1.54, 1.807) is 18.2 Å². The Balaban J connectivity index is 2.07. The van der Waals surface area contributed by atoms with Crippen LogP contribution < -0.4 is 5.32 Å². The highest BCUT2D eigenvalue weighted by Gasteiger charge is 2.07. The minimum absolute atomic E-state index is 0.0563. The van der Waals surface area contributed by atoms with Crippen molar-refractivity contribution >= 4 is 39.7 Å². The normalized spacial score (nSPS) is 10.0. The van der Waals surface area contributed by atoms with E-state index in [4.69, 9.17) is 22.0 Å². The van der Waals surface area contributed by atoms with E-state index in [0.29, 0.717) is 27.8 Å². The summed E-state index contributed by atoms with van der Waals surface area (Å²) in [5.41, 5.74) is 1.87. The molecule has 0 amide bonds. The molecule has 7 heteroatoms. The second-order valence-corrected chi connectivity index (χ2v) is 5.23. The largest absolute Gasteiger partial charge is 0.481 e. The number of halogens is 1. The summed E-state index contributed by atoms with van der Waals surface area (Å²) in [6.45, 7) is 0. The van der Waals surface area contributed by atoms with Crippen molar-refractivity contribution in [1.82, 2.24) is 4.98 Å². The number of nitrogens with one attached hydrogen (secondary N) is 1. The highest BCUT2D eigenvalue weighted by molar-refractivity contribution is 7.13. The molecular formula is C13H10ClN3O2S. The number of anilines is 2. The number of aromatic nitrogens is 1. The van der Waals surface area contributed by atoms with Crippen LogP contribution in [0.2, 0.25) is 5.02 Å². The number of aliphatic carboxylic acids is 1. The van der Waals surface area contributed by atoms with E-state index in [9.17, 15) is 4.79 Å². The molecule has 0 atom stereocenters. The molecule has 0 saturated heterocycles. The van der Waals surface area contributed by atoms with Gasteiger partial charge in [-0.2, -0.15) is 5.26 Å². The number of carboxylic acids is 1. The number of carboxylic acid groups (broad SMARTS) is 1. The van der Waals surface area contributed by atoms with Gasteiger partial charge in [-0.25, -0.2) is 4.98 Å². The van der Waals surface area contributed by atoms with E-state index in [0.717, 1.165) is 5.69 Å². The molecule has 20 heavy (non-hydrogen) atoms. The molecular weight excluding hydrogens is 298 g/mol. The fourth-order valence-electron chi connectivity index (χ4n) is 1.52. The van der Waals surface area contributed by atoms with Crippen LogP contribution in [0.3, 0.4) is 0 Å². The van der Waals surface area contributed by atoms with Gasteiger partial charge in [-0.1, -0.05) is 11.6 Å². The van der Waals surface area contributed by atoms with Gasteiger partial charge in [0.15, 0.2) is 5.13 Å². The number of nitrogens with zero attached hydrogens (tertiary/aromatic N) is 2. The number of benzene rings is 1. The molecule has 0 aliphatic rings. The van der Waals surface area contributed by atoms with Gasteiger partial charge in [0.2, 0.25) is 0 Å². The Bertz CT molecular complexity index is 678. The zero-order chi connectivity index (χ0) is 14.5. The second-order valence-electron chi connectivity index (χ2n) is 3.97. The number of carbonyl (C=O) groups is 1. The summed E-state index contributed by atoms with van der Waals surface area (Å²) in [5.74, 6) is -0.845. The molecule has 1 heterocycles. The maximum absolute atomic E-state index is 10.5. The molecule has 2 N–H and O–H groups in total. The number of nitriles is 1. The van der Waals surface area contributed by atoms with E-state index in [1.807, 2.05) is 11.4 Å². The van der Waals surface area contributed by atoms with Crippen molar-refractivity contribution in [1.29, 1.82) is 5.26 Å². The maximum atomic E-state index is 10.5. The van der Waals surface area contributed by atoms with Crippen molar-refractivity contribution in [2.24, 2.45) is 0 Å². The Labute approximate surface area is 124 Å². The van der Waals surface area contributed by atoms with Gasteiger partial charge in [-0.3, -0.25) is 4.79 Å². The number of aryl methyl sites for hydroxylation is 1. The topological polar surface area (TPSA) is 86.0 Å². The van der Waals surface area contributed by atoms with Gasteiger partial charge in [0.25, 0.3) is 0 Å². The summed E-state index contributed by atoms with van der Waals surface area (Å²) in [7, 11) is 0. The molecule has 0 unspecified atom stereocenters. The van der Waals surface area contributed by atoms with Crippen LogP contribution in [0.25, 0.3) is 0 Å². The molecule has 0 bridgehead atoms. The van der Waals surface area contributed by atoms with E-state index in [1.165, 1.54) is 11.3 Å². The third kappa shape index (κ3) is 3.70. The van der Waals surface area contributed by atoms with E-state index < -0.39 is 5.97 Å². The van der Waals surface area contributed by atoms with Gasteiger partial charge in [-0.15, -0.1) is 11.3 Å². The van der Waals surface area contributed by atoms with Gasteiger partial charge in [0, 0.05) is 11.8 Å². The lowest BCUT2D eigenvalue weighted by molar-refractivity contribution is -0.136. The summed E-state index contributed by atoms with van der Waals surface area (Å²) in [6, 6.07) is 6.95. The van der Waals surface area contributed by atoms with Crippen molar-refractivity contribution in [3.63, 3.8) is 0 Å². The fourth-order valence-corrected chi connectivity index (χ4v) is 2.50. The molecule has 1 aromatic heterocycles. The van der Waals surface area contributed by atoms with Crippen LogP contribution in [0.5, 0.6) is 0 Å². The third-order valence-corrected chi connectivity index (χ3v) is 3.61. The Morgan fingerprint density at radius 2 is 2.35 bits per heavy atom. The van der Waals surface area contributed by atoms with Gasteiger partial charge in [0.1, 0.15) is 0 Å². The predicted octanol–water partition coefficient (Wildman–Crippen LogP) is 3.43. The van der Waals surface area contributed by atoms with Gasteiger partial charge < -0.3 is 10.4 Å². The Hall–Kier alpha value is -2.10. The average Bonchev–Trinajstić information content (AvgIpc) is 2.86. The van der Waals surface area contributed by atoms with E-state index >= 15 is 0 Å². The summed E-state index contributed by atoms with van der Waals surface area (Å²) in [4.78, 5) is 14.8. The number of hydrogen-bond acceptors (Lipinski definition) is 5. The summed E-state index contributed by atoms with van der Waals surface area (Å²) in [6.07, 6.45) is 0.454. The monoisotopic (exact) mass is 307 g/mol. The molecule has 0 fully saturated rings. The molecule has 2 rings (SSSR count). The number of rotatable bonds is 5. The molecule has 0 aliphatic heterocycles. The van der Waals surface area contributed by atoms with Crippen molar-refractivity contribution < 1.29 is 9.90 Å². The summed E-state index contributed by atoms with van der Waals surface area (Å²) in [5, 5.41) is 23.3. The molecule has 5 nitrogen and oxygen atoms in total. The number of hydrogen-bond donors (Lipinski definition) is 2. The van der Waals surface area contributed by atoms with Gasteiger partial charge >= 0.3 is 5.97 Å². The van der Waals surface area contributed by atoms with Crippen LogP contribution in [-0.2, 0) is 11.2 Å². The van der Waals surface area contributed by atoms with Crippen LogP contribution in [0.1, 0.15) is 17.7 Å². The van der Waals surface area contributed by atoms with Crippen molar-refractivity contribution in [2.75, 3.05) is 5.32 Å². The Kier molecular flexibility index (Phi) is 4.56. The highest BCUT2D eigenvalue weighted by atomic mass is 35.5. The third-order valence-electron chi connectivity index (χ3n) is 2.49. The van der Waals surface area contributed by atoms with E-state index in [-0.39, 0.29) is 6.42 Å². The van der Waals surface area contributed by atoms with Crippen molar-refractivity contribution in [3.05, 3.63) is 39.9 Å². The molecule has 1 aromatic carbocycles. The lowest BCUT2D eigenvalue weighted by Crippen LogP contribution is -1.98. The lowest BCUT2D eigenvalue weighted by Gasteiger charge is -2.05. The van der Waals surface area contributed by atoms with Crippen LogP contribution >= 0.6 is 22.9 Å². The molecule has 0 aliphatic carbocycles.